The van der Waals surface area contributed by atoms with Crippen LogP contribution in [0.2, 0.25) is 0 Å². The quantitative estimate of drug-likeness (QED) is 0.828. The van der Waals surface area contributed by atoms with Crippen molar-refractivity contribution in [3.8, 4) is 0 Å². The number of benzene rings is 1. The SMILES string of the molecule is C=CCN(CC=C)Cc1c(C)[nH]c2ccc(F)cc2c1=O. The lowest BCUT2D eigenvalue weighted by Gasteiger charge is -2.19. The van der Waals surface area contributed by atoms with Crippen LogP contribution in [0.25, 0.3) is 10.9 Å². The molecule has 0 aliphatic heterocycles. The largest absolute Gasteiger partial charge is 0.358 e. The van der Waals surface area contributed by atoms with Gasteiger partial charge in [0.1, 0.15) is 5.82 Å². The van der Waals surface area contributed by atoms with E-state index in [-0.39, 0.29) is 5.43 Å². The minimum atomic E-state index is -0.406. The van der Waals surface area contributed by atoms with Gasteiger partial charge in [-0.2, -0.15) is 0 Å². The van der Waals surface area contributed by atoms with Crippen molar-refractivity contribution < 1.29 is 4.39 Å². The van der Waals surface area contributed by atoms with E-state index >= 15 is 0 Å². The number of halogens is 1. The molecule has 0 bridgehead atoms. The van der Waals surface area contributed by atoms with E-state index in [9.17, 15) is 9.18 Å². The van der Waals surface area contributed by atoms with Gasteiger partial charge in [-0.25, -0.2) is 4.39 Å². The smallest absolute Gasteiger partial charge is 0.194 e. The van der Waals surface area contributed by atoms with Gasteiger partial charge in [-0.05, 0) is 25.1 Å². The van der Waals surface area contributed by atoms with Gasteiger partial charge in [0, 0.05) is 41.8 Å². The molecule has 0 saturated carbocycles. The summed E-state index contributed by atoms with van der Waals surface area (Å²) in [4.78, 5) is 17.8. The van der Waals surface area contributed by atoms with E-state index in [1.807, 2.05) is 11.8 Å². The number of pyridine rings is 1. The Labute approximate surface area is 123 Å². The summed E-state index contributed by atoms with van der Waals surface area (Å²) < 4.78 is 13.4. The van der Waals surface area contributed by atoms with Crippen molar-refractivity contribution in [2.24, 2.45) is 0 Å². The van der Waals surface area contributed by atoms with Crippen LogP contribution >= 0.6 is 0 Å². The molecule has 0 amide bonds. The first-order valence-corrected chi connectivity index (χ1v) is 6.82. The second kappa shape index (κ2) is 6.50. The third kappa shape index (κ3) is 3.28. The average molecular weight is 286 g/mol. The zero-order valence-corrected chi connectivity index (χ0v) is 12.2. The topological polar surface area (TPSA) is 36.1 Å². The Balaban J connectivity index is 2.50. The van der Waals surface area contributed by atoms with Gasteiger partial charge in [0.15, 0.2) is 5.43 Å². The minimum Gasteiger partial charge on any atom is -0.358 e. The lowest BCUT2D eigenvalue weighted by molar-refractivity contribution is 0.326. The average Bonchev–Trinajstić information content (AvgIpc) is 2.45. The van der Waals surface area contributed by atoms with Gasteiger partial charge in [0.05, 0.1) is 0 Å². The van der Waals surface area contributed by atoms with Gasteiger partial charge in [0.25, 0.3) is 0 Å². The van der Waals surface area contributed by atoms with E-state index in [0.717, 1.165) is 5.69 Å². The fourth-order valence-corrected chi connectivity index (χ4v) is 2.41. The lowest BCUT2D eigenvalue weighted by Crippen LogP contribution is -2.27. The first-order chi connectivity index (χ1) is 10.1. The molecule has 1 heterocycles. The van der Waals surface area contributed by atoms with Crippen LogP contribution in [0.4, 0.5) is 4.39 Å². The van der Waals surface area contributed by atoms with E-state index in [1.165, 1.54) is 12.1 Å². The number of rotatable bonds is 6. The third-order valence-corrected chi connectivity index (χ3v) is 3.43. The summed E-state index contributed by atoms with van der Waals surface area (Å²) in [6.07, 6.45) is 3.57. The van der Waals surface area contributed by atoms with Crippen molar-refractivity contribution in [3.05, 3.63) is 70.8 Å². The van der Waals surface area contributed by atoms with Gasteiger partial charge >= 0.3 is 0 Å². The van der Waals surface area contributed by atoms with Crippen LogP contribution in [0.5, 0.6) is 0 Å². The number of hydrogen-bond donors (Lipinski definition) is 1. The van der Waals surface area contributed by atoms with Gasteiger partial charge in [-0.15, -0.1) is 13.2 Å². The maximum absolute atomic E-state index is 13.4. The summed E-state index contributed by atoms with van der Waals surface area (Å²) >= 11 is 0. The standard InChI is InChI=1S/C17H19FN2O/c1-4-8-20(9-5-2)11-15-12(3)19-16-7-6-13(18)10-14(16)17(15)21/h4-7,10H,1-2,8-9,11H2,3H3,(H,19,21). The summed E-state index contributed by atoms with van der Waals surface area (Å²) in [7, 11) is 0. The molecule has 0 aliphatic carbocycles. The van der Waals surface area contributed by atoms with Gasteiger partial charge in [0.2, 0.25) is 0 Å². The molecule has 0 unspecified atom stereocenters. The van der Waals surface area contributed by atoms with Crippen molar-refractivity contribution in [3.63, 3.8) is 0 Å². The van der Waals surface area contributed by atoms with E-state index < -0.39 is 5.82 Å². The molecule has 0 spiro atoms. The van der Waals surface area contributed by atoms with Crippen molar-refractivity contribution in [1.29, 1.82) is 0 Å². The number of fused-ring (bicyclic) bond motifs is 1. The van der Waals surface area contributed by atoms with E-state index in [0.29, 0.717) is 36.1 Å². The summed E-state index contributed by atoms with van der Waals surface area (Å²) in [5, 5.41) is 0.382. The van der Waals surface area contributed by atoms with Crippen LogP contribution in [0.15, 0.2) is 48.3 Å². The molecule has 21 heavy (non-hydrogen) atoms. The van der Waals surface area contributed by atoms with Crippen LogP contribution in [-0.4, -0.2) is 23.0 Å². The van der Waals surface area contributed by atoms with Crippen LogP contribution in [0.3, 0.4) is 0 Å². The van der Waals surface area contributed by atoms with Gasteiger partial charge in [-0.3, -0.25) is 9.69 Å². The van der Waals surface area contributed by atoms with E-state index in [1.54, 1.807) is 18.2 Å². The molecule has 3 nitrogen and oxygen atoms in total. The molecule has 0 saturated heterocycles. The monoisotopic (exact) mass is 286 g/mol. The molecular formula is C17H19FN2O. The fraction of sp³-hybridized carbons (Fsp3) is 0.235. The minimum absolute atomic E-state index is 0.126. The first-order valence-electron chi connectivity index (χ1n) is 6.82. The van der Waals surface area contributed by atoms with Crippen molar-refractivity contribution in [2.45, 2.75) is 13.5 Å². The van der Waals surface area contributed by atoms with Crippen molar-refractivity contribution >= 4 is 10.9 Å². The number of nitrogens with one attached hydrogen (secondary N) is 1. The predicted molar refractivity (Wildman–Crippen MR) is 84.9 cm³/mol. The number of hydrogen-bond acceptors (Lipinski definition) is 2. The van der Waals surface area contributed by atoms with Gasteiger partial charge < -0.3 is 4.98 Å². The Bertz CT molecular complexity index is 723. The number of aryl methyl sites for hydroxylation is 1. The summed E-state index contributed by atoms with van der Waals surface area (Å²) in [5.74, 6) is -0.406. The zero-order valence-electron chi connectivity index (χ0n) is 12.2. The molecule has 110 valence electrons. The zero-order chi connectivity index (χ0) is 15.4. The summed E-state index contributed by atoms with van der Waals surface area (Å²) in [5.41, 5.74) is 1.98. The van der Waals surface area contributed by atoms with Crippen LogP contribution in [0, 0.1) is 12.7 Å². The number of aromatic nitrogens is 1. The Hall–Kier alpha value is -2.20. The van der Waals surface area contributed by atoms with Crippen molar-refractivity contribution in [2.75, 3.05) is 13.1 Å². The molecule has 0 radical (unpaired) electrons. The molecule has 1 aromatic heterocycles. The van der Waals surface area contributed by atoms with E-state index in [4.69, 9.17) is 0 Å². The molecular weight excluding hydrogens is 267 g/mol. The third-order valence-electron chi connectivity index (χ3n) is 3.43. The highest BCUT2D eigenvalue weighted by Gasteiger charge is 2.13. The maximum Gasteiger partial charge on any atom is 0.194 e. The maximum atomic E-state index is 13.4. The number of aromatic amines is 1. The van der Waals surface area contributed by atoms with Crippen LogP contribution < -0.4 is 5.43 Å². The highest BCUT2D eigenvalue weighted by molar-refractivity contribution is 5.79. The summed E-state index contributed by atoms with van der Waals surface area (Å²) in [6, 6.07) is 4.22. The first kappa shape index (κ1) is 15.2. The molecule has 0 fully saturated rings. The molecule has 0 aliphatic rings. The van der Waals surface area contributed by atoms with E-state index in [2.05, 4.69) is 18.1 Å². The Morgan fingerprint density at radius 2 is 1.95 bits per heavy atom. The Morgan fingerprint density at radius 3 is 2.57 bits per heavy atom. The second-order valence-electron chi connectivity index (χ2n) is 5.02. The molecule has 0 atom stereocenters. The molecule has 2 aromatic rings. The van der Waals surface area contributed by atoms with Crippen LogP contribution in [0.1, 0.15) is 11.3 Å². The summed E-state index contributed by atoms with van der Waals surface area (Å²) in [6.45, 7) is 11.1. The molecule has 1 aromatic carbocycles. The lowest BCUT2D eigenvalue weighted by atomic mass is 10.1. The Morgan fingerprint density at radius 1 is 1.29 bits per heavy atom. The number of H-pyrrole nitrogens is 1. The van der Waals surface area contributed by atoms with Crippen molar-refractivity contribution in [1.82, 2.24) is 9.88 Å². The molecule has 4 heteroatoms. The predicted octanol–water partition coefficient (Wildman–Crippen LogP) is 3.15. The Kier molecular flexibility index (Phi) is 4.70. The number of nitrogens with zero attached hydrogens (tertiary/aromatic N) is 1. The second-order valence-corrected chi connectivity index (χ2v) is 5.02. The van der Waals surface area contributed by atoms with Crippen LogP contribution in [-0.2, 0) is 6.54 Å². The fourth-order valence-electron chi connectivity index (χ4n) is 2.41. The molecule has 2 rings (SSSR count). The highest BCUT2D eigenvalue weighted by Crippen LogP contribution is 2.14. The normalized spacial score (nSPS) is 11.0. The highest BCUT2D eigenvalue weighted by atomic mass is 19.1. The van der Waals surface area contributed by atoms with Gasteiger partial charge in [-0.1, -0.05) is 12.2 Å². The molecule has 1 N–H and O–H groups in total.